The number of carbonyl (C=O) groups is 2. The highest BCUT2D eigenvalue weighted by atomic mass is 16.5. The Morgan fingerprint density at radius 1 is 0.960 bits per heavy atom. The molecule has 0 saturated carbocycles. The Balaban J connectivity index is 2.20. The smallest absolute Gasteiger partial charge is 0.320 e. The maximum atomic E-state index is 12.5. The Hall–Kier alpha value is -2.62. The third-order valence-electron chi connectivity index (χ3n) is 3.98. The molecule has 0 radical (unpaired) electrons. The number of aliphatic carboxylic acids is 1. The molecule has 0 aliphatic rings. The summed E-state index contributed by atoms with van der Waals surface area (Å²) in [4.78, 5) is 23.9. The summed E-state index contributed by atoms with van der Waals surface area (Å²) in [6.45, 7) is 3.78. The van der Waals surface area contributed by atoms with Crippen LogP contribution in [-0.4, -0.2) is 17.0 Å². The lowest BCUT2D eigenvalue weighted by atomic mass is 9.96. The number of hydrogen-bond donors (Lipinski definition) is 1. The van der Waals surface area contributed by atoms with Crippen LogP contribution in [0.25, 0.3) is 0 Å². The Bertz CT molecular complexity index is 680. The Morgan fingerprint density at radius 2 is 1.52 bits per heavy atom. The van der Waals surface area contributed by atoms with Crippen LogP contribution in [0.5, 0.6) is 0 Å². The van der Waals surface area contributed by atoms with E-state index in [-0.39, 0.29) is 12.3 Å². The van der Waals surface area contributed by atoms with E-state index in [0.29, 0.717) is 6.42 Å². The highest BCUT2D eigenvalue weighted by molar-refractivity contribution is 5.94. The third kappa shape index (κ3) is 5.75. The predicted molar refractivity (Wildman–Crippen MR) is 96.0 cm³/mol. The van der Waals surface area contributed by atoms with Crippen molar-refractivity contribution in [2.45, 2.75) is 32.8 Å². The molecule has 4 heteroatoms. The summed E-state index contributed by atoms with van der Waals surface area (Å²) in [5, 5.41) is 9.36. The van der Waals surface area contributed by atoms with Crippen molar-refractivity contribution < 1.29 is 19.4 Å². The Kier molecular flexibility index (Phi) is 6.75. The van der Waals surface area contributed by atoms with E-state index in [2.05, 4.69) is 0 Å². The van der Waals surface area contributed by atoms with E-state index >= 15 is 0 Å². The molecular weight excluding hydrogens is 316 g/mol. The average Bonchev–Trinajstić information content (AvgIpc) is 2.60. The second-order valence-electron chi connectivity index (χ2n) is 6.55. The molecule has 1 N–H and O–H groups in total. The van der Waals surface area contributed by atoms with Gasteiger partial charge in [-0.05, 0) is 23.5 Å². The highest BCUT2D eigenvalue weighted by Crippen LogP contribution is 2.25. The molecule has 0 aromatic heterocycles. The second-order valence-corrected chi connectivity index (χ2v) is 6.55. The largest absolute Gasteiger partial charge is 0.481 e. The first-order valence-corrected chi connectivity index (χ1v) is 8.49. The lowest BCUT2D eigenvalue weighted by Crippen LogP contribution is -2.29. The summed E-state index contributed by atoms with van der Waals surface area (Å²) in [5.41, 5.74) is 1.88. The number of carboxylic acid groups (broad SMARTS) is 1. The lowest BCUT2D eigenvalue weighted by Gasteiger charge is -2.21. The molecule has 0 amide bonds. The summed E-state index contributed by atoms with van der Waals surface area (Å²) in [7, 11) is 0. The standard InChI is InChI=1S/C21H24O4/c1-15(2)13-18(20(22)23)21(24)25-19(17-11-7-4-8-12-17)14-16-9-5-3-6-10-16/h3-12,15,18-19H,13-14H2,1-2H3,(H,22,23). The van der Waals surface area contributed by atoms with Gasteiger partial charge in [0.1, 0.15) is 6.10 Å². The summed E-state index contributed by atoms with van der Waals surface area (Å²) >= 11 is 0. The van der Waals surface area contributed by atoms with E-state index in [9.17, 15) is 14.7 Å². The minimum absolute atomic E-state index is 0.0953. The SMILES string of the molecule is CC(C)CC(C(=O)O)C(=O)OC(Cc1ccccc1)c1ccccc1. The molecule has 25 heavy (non-hydrogen) atoms. The quantitative estimate of drug-likeness (QED) is 0.576. The molecule has 0 fully saturated rings. The molecule has 2 atom stereocenters. The van der Waals surface area contributed by atoms with Crippen molar-refractivity contribution in [1.29, 1.82) is 0 Å². The number of carboxylic acids is 1. The van der Waals surface area contributed by atoms with Crippen molar-refractivity contribution in [3.05, 3.63) is 71.8 Å². The van der Waals surface area contributed by atoms with Gasteiger partial charge in [-0.3, -0.25) is 9.59 Å². The van der Waals surface area contributed by atoms with Gasteiger partial charge in [0.25, 0.3) is 0 Å². The maximum Gasteiger partial charge on any atom is 0.320 e. The fourth-order valence-electron chi connectivity index (χ4n) is 2.72. The van der Waals surface area contributed by atoms with E-state index in [1.165, 1.54) is 0 Å². The fourth-order valence-corrected chi connectivity index (χ4v) is 2.72. The van der Waals surface area contributed by atoms with E-state index in [1.54, 1.807) is 0 Å². The highest BCUT2D eigenvalue weighted by Gasteiger charge is 2.31. The lowest BCUT2D eigenvalue weighted by molar-refractivity contribution is -0.163. The van der Waals surface area contributed by atoms with Crippen LogP contribution in [0.2, 0.25) is 0 Å². The summed E-state index contributed by atoms with van der Waals surface area (Å²) < 4.78 is 5.65. The van der Waals surface area contributed by atoms with E-state index in [0.717, 1.165) is 11.1 Å². The van der Waals surface area contributed by atoms with Crippen LogP contribution in [0, 0.1) is 11.8 Å². The maximum absolute atomic E-state index is 12.5. The van der Waals surface area contributed by atoms with Crippen LogP contribution < -0.4 is 0 Å². The van der Waals surface area contributed by atoms with Crippen LogP contribution in [-0.2, 0) is 20.7 Å². The number of ether oxygens (including phenoxy) is 1. The molecule has 2 unspecified atom stereocenters. The first-order valence-electron chi connectivity index (χ1n) is 8.49. The van der Waals surface area contributed by atoms with Gasteiger partial charge in [0.05, 0.1) is 0 Å². The molecule has 2 aromatic rings. The van der Waals surface area contributed by atoms with E-state index in [4.69, 9.17) is 4.74 Å². The van der Waals surface area contributed by atoms with Crippen molar-refractivity contribution in [1.82, 2.24) is 0 Å². The van der Waals surface area contributed by atoms with Crippen molar-refractivity contribution in [2.24, 2.45) is 11.8 Å². The number of esters is 1. The molecule has 0 saturated heterocycles. The number of benzene rings is 2. The van der Waals surface area contributed by atoms with Crippen molar-refractivity contribution in [3.63, 3.8) is 0 Å². The monoisotopic (exact) mass is 340 g/mol. The molecule has 2 rings (SSSR count). The van der Waals surface area contributed by atoms with Crippen molar-refractivity contribution >= 4 is 11.9 Å². The topological polar surface area (TPSA) is 63.6 Å². The van der Waals surface area contributed by atoms with Gasteiger partial charge in [0, 0.05) is 6.42 Å². The molecule has 0 bridgehead atoms. The van der Waals surface area contributed by atoms with Crippen LogP contribution in [0.15, 0.2) is 60.7 Å². The number of carbonyl (C=O) groups excluding carboxylic acids is 1. The molecule has 0 spiro atoms. The normalized spacial score (nSPS) is 13.2. The van der Waals surface area contributed by atoms with Crippen LogP contribution in [0.1, 0.15) is 37.5 Å². The summed E-state index contributed by atoms with van der Waals surface area (Å²) in [5.74, 6) is -2.85. The molecule has 2 aromatic carbocycles. The molecule has 132 valence electrons. The minimum atomic E-state index is -1.14. The van der Waals surface area contributed by atoms with Crippen molar-refractivity contribution in [3.8, 4) is 0 Å². The zero-order chi connectivity index (χ0) is 18.2. The minimum Gasteiger partial charge on any atom is -0.481 e. The van der Waals surface area contributed by atoms with Gasteiger partial charge in [-0.2, -0.15) is 0 Å². The fraction of sp³-hybridized carbons (Fsp3) is 0.333. The van der Waals surface area contributed by atoms with Gasteiger partial charge in [0.15, 0.2) is 5.92 Å². The summed E-state index contributed by atoms with van der Waals surface area (Å²) in [6, 6.07) is 19.1. The third-order valence-corrected chi connectivity index (χ3v) is 3.98. The van der Waals surface area contributed by atoms with Crippen LogP contribution >= 0.6 is 0 Å². The zero-order valence-corrected chi connectivity index (χ0v) is 14.6. The Labute approximate surface area is 148 Å². The molecular formula is C21H24O4. The van der Waals surface area contributed by atoms with Crippen LogP contribution in [0.4, 0.5) is 0 Å². The number of hydrogen-bond acceptors (Lipinski definition) is 3. The second kappa shape index (κ2) is 9.02. The van der Waals surface area contributed by atoms with Gasteiger partial charge < -0.3 is 9.84 Å². The Morgan fingerprint density at radius 3 is 2.04 bits per heavy atom. The van der Waals surface area contributed by atoms with Gasteiger partial charge in [-0.1, -0.05) is 74.5 Å². The molecule has 0 heterocycles. The zero-order valence-electron chi connectivity index (χ0n) is 14.6. The van der Waals surface area contributed by atoms with Crippen LogP contribution in [0.3, 0.4) is 0 Å². The van der Waals surface area contributed by atoms with Crippen molar-refractivity contribution in [2.75, 3.05) is 0 Å². The average molecular weight is 340 g/mol. The summed E-state index contributed by atoms with van der Waals surface area (Å²) in [6.07, 6.45) is 0.260. The molecule has 0 aliphatic carbocycles. The van der Waals surface area contributed by atoms with Gasteiger partial charge in [-0.15, -0.1) is 0 Å². The predicted octanol–water partition coefficient (Wildman–Crippen LogP) is 4.26. The molecule has 0 aliphatic heterocycles. The van der Waals surface area contributed by atoms with E-state index in [1.807, 2.05) is 74.5 Å². The first kappa shape index (κ1) is 18.7. The van der Waals surface area contributed by atoms with Gasteiger partial charge >= 0.3 is 11.9 Å². The van der Waals surface area contributed by atoms with E-state index < -0.39 is 24.0 Å². The van der Waals surface area contributed by atoms with Gasteiger partial charge in [0.2, 0.25) is 0 Å². The molecule has 4 nitrogen and oxygen atoms in total. The van der Waals surface area contributed by atoms with Gasteiger partial charge in [-0.25, -0.2) is 0 Å². The number of rotatable bonds is 8. The first-order chi connectivity index (χ1) is 12.0.